The van der Waals surface area contributed by atoms with E-state index in [1.54, 1.807) is 0 Å². The Morgan fingerprint density at radius 3 is 2.09 bits per heavy atom. The van der Waals surface area contributed by atoms with Gasteiger partial charge in [-0.3, -0.25) is 0 Å². The molecule has 118 valence electrons. The number of hydrogen-bond acceptors (Lipinski definition) is 1. The molecule has 1 nitrogen and oxygen atoms in total. The maximum Gasteiger partial charge on any atom is 0.0450 e. The summed E-state index contributed by atoms with van der Waals surface area (Å²) in [4.78, 5) is 2.19. The van der Waals surface area contributed by atoms with Gasteiger partial charge in [-0.05, 0) is 28.8 Å². The molecule has 1 unspecified atom stereocenters. The standard InChI is InChI=1S/C20H19N.C2H6/c1-4-16-18(5-2)21(3)19-14-10-9-13-17(19)20(16)15-11-7-6-8-12-15;1-2/h4-14,20H,1-2H2,3H3;1-2H3. The molecule has 0 N–H and O–H groups in total. The predicted octanol–water partition coefficient (Wildman–Crippen LogP) is 5.92. The van der Waals surface area contributed by atoms with E-state index in [1.165, 1.54) is 22.4 Å². The van der Waals surface area contributed by atoms with Crippen LogP contribution < -0.4 is 4.90 Å². The Morgan fingerprint density at radius 2 is 1.48 bits per heavy atom. The number of nitrogens with zero attached hydrogens (tertiary/aromatic N) is 1. The van der Waals surface area contributed by atoms with Gasteiger partial charge in [0.15, 0.2) is 0 Å². The lowest BCUT2D eigenvalue weighted by atomic mass is 9.80. The smallest absolute Gasteiger partial charge is 0.0450 e. The highest BCUT2D eigenvalue weighted by Crippen LogP contribution is 2.44. The van der Waals surface area contributed by atoms with Crippen molar-refractivity contribution in [1.29, 1.82) is 0 Å². The first-order chi connectivity index (χ1) is 11.3. The van der Waals surface area contributed by atoms with Gasteiger partial charge in [-0.1, -0.05) is 81.6 Å². The molecule has 0 aliphatic carbocycles. The van der Waals surface area contributed by atoms with Crippen molar-refractivity contribution < 1.29 is 0 Å². The molecule has 1 heterocycles. The molecule has 2 aromatic carbocycles. The van der Waals surface area contributed by atoms with E-state index in [4.69, 9.17) is 0 Å². The average molecular weight is 303 g/mol. The molecule has 0 radical (unpaired) electrons. The molecule has 1 heteroatoms. The van der Waals surface area contributed by atoms with Crippen LogP contribution in [0.15, 0.2) is 91.2 Å². The molecule has 2 aromatic rings. The minimum Gasteiger partial charge on any atom is -0.344 e. The van der Waals surface area contributed by atoms with Gasteiger partial charge in [0.05, 0.1) is 0 Å². The van der Waals surface area contributed by atoms with E-state index in [1.807, 2.05) is 26.0 Å². The first kappa shape index (κ1) is 16.8. The van der Waals surface area contributed by atoms with Crippen molar-refractivity contribution in [2.45, 2.75) is 19.8 Å². The molecule has 0 aromatic heterocycles. The Morgan fingerprint density at radius 1 is 0.870 bits per heavy atom. The van der Waals surface area contributed by atoms with Crippen LogP contribution in [0.2, 0.25) is 0 Å². The van der Waals surface area contributed by atoms with Crippen molar-refractivity contribution in [3.05, 3.63) is 102 Å². The summed E-state index contributed by atoms with van der Waals surface area (Å²) in [6, 6.07) is 19.1. The van der Waals surface area contributed by atoms with Gasteiger partial charge >= 0.3 is 0 Å². The molecule has 23 heavy (non-hydrogen) atoms. The summed E-state index contributed by atoms with van der Waals surface area (Å²) in [5.74, 6) is 0.212. The van der Waals surface area contributed by atoms with E-state index >= 15 is 0 Å². The van der Waals surface area contributed by atoms with Crippen LogP contribution >= 0.6 is 0 Å². The summed E-state index contributed by atoms with van der Waals surface area (Å²) >= 11 is 0. The van der Waals surface area contributed by atoms with Crippen LogP contribution in [-0.4, -0.2) is 7.05 Å². The van der Waals surface area contributed by atoms with E-state index in [2.05, 4.69) is 79.7 Å². The molecule has 3 rings (SSSR count). The highest BCUT2D eigenvalue weighted by molar-refractivity contribution is 5.70. The maximum atomic E-state index is 4.03. The fourth-order valence-corrected chi connectivity index (χ4v) is 3.16. The Labute approximate surface area is 140 Å². The van der Waals surface area contributed by atoms with Crippen molar-refractivity contribution in [3.8, 4) is 0 Å². The summed E-state index contributed by atoms with van der Waals surface area (Å²) in [7, 11) is 2.08. The monoisotopic (exact) mass is 303 g/mol. The van der Waals surface area contributed by atoms with Crippen LogP contribution in [0, 0.1) is 0 Å². The van der Waals surface area contributed by atoms with Gasteiger partial charge in [-0.15, -0.1) is 0 Å². The largest absolute Gasteiger partial charge is 0.344 e. The first-order valence-electron chi connectivity index (χ1n) is 8.14. The van der Waals surface area contributed by atoms with Crippen molar-refractivity contribution in [2.24, 2.45) is 0 Å². The quantitative estimate of drug-likeness (QED) is 0.680. The zero-order valence-corrected chi connectivity index (χ0v) is 14.3. The zero-order valence-electron chi connectivity index (χ0n) is 14.3. The Bertz CT molecular complexity index is 710. The van der Waals surface area contributed by atoms with E-state index < -0.39 is 0 Å². The van der Waals surface area contributed by atoms with Gasteiger partial charge < -0.3 is 4.90 Å². The Balaban J connectivity index is 0.000000924. The van der Waals surface area contributed by atoms with Gasteiger partial charge in [-0.2, -0.15) is 0 Å². The second-order valence-electron chi connectivity index (χ2n) is 5.21. The van der Waals surface area contributed by atoms with Crippen molar-refractivity contribution in [3.63, 3.8) is 0 Å². The zero-order chi connectivity index (χ0) is 16.8. The van der Waals surface area contributed by atoms with Gasteiger partial charge in [0.25, 0.3) is 0 Å². The molecule has 0 bridgehead atoms. The normalized spacial score (nSPS) is 16.1. The van der Waals surface area contributed by atoms with Gasteiger partial charge in [0.1, 0.15) is 0 Å². The summed E-state index contributed by atoms with van der Waals surface area (Å²) < 4.78 is 0. The topological polar surface area (TPSA) is 3.24 Å². The third-order valence-corrected chi connectivity index (χ3v) is 4.12. The fraction of sp³-hybridized carbons (Fsp3) is 0.182. The lowest BCUT2D eigenvalue weighted by molar-refractivity contribution is 0.898. The fourth-order valence-electron chi connectivity index (χ4n) is 3.16. The molecule has 0 saturated carbocycles. The van der Waals surface area contributed by atoms with Crippen molar-refractivity contribution >= 4 is 5.69 Å². The van der Waals surface area contributed by atoms with Crippen LogP contribution in [0.5, 0.6) is 0 Å². The van der Waals surface area contributed by atoms with Crippen LogP contribution in [0.3, 0.4) is 0 Å². The molecule has 0 saturated heterocycles. The Hall–Kier alpha value is -2.54. The summed E-state index contributed by atoms with van der Waals surface area (Å²) in [6.45, 7) is 12.0. The van der Waals surface area contributed by atoms with Crippen LogP contribution in [0.4, 0.5) is 5.69 Å². The summed E-state index contributed by atoms with van der Waals surface area (Å²) in [5.41, 5.74) is 6.15. The number of benzene rings is 2. The van der Waals surface area contributed by atoms with Gasteiger partial charge in [0, 0.05) is 24.4 Å². The van der Waals surface area contributed by atoms with Crippen molar-refractivity contribution in [1.82, 2.24) is 0 Å². The van der Waals surface area contributed by atoms with Crippen LogP contribution in [-0.2, 0) is 0 Å². The van der Waals surface area contributed by atoms with E-state index in [0.29, 0.717) is 0 Å². The molecular weight excluding hydrogens is 278 g/mol. The third kappa shape index (κ3) is 3.00. The summed E-state index contributed by atoms with van der Waals surface area (Å²) in [5, 5.41) is 0. The minimum atomic E-state index is 0.212. The molecule has 0 amide bonds. The van der Waals surface area contributed by atoms with Gasteiger partial charge in [0.2, 0.25) is 0 Å². The molecule has 0 fully saturated rings. The molecule has 0 spiro atoms. The number of allylic oxidation sites excluding steroid dienone is 3. The molecule has 1 atom stereocenters. The first-order valence-corrected chi connectivity index (χ1v) is 8.14. The van der Waals surface area contributed by atoms with Crippen LogP contribution in [0.1, 0.15) is 30.9 Å². The van der Waals surface area contributed by atoms with E-state index in [9.17, 15) is 0 Å². The lowest BCUT2D eigenvalue weighted by Gasteiger charge is -2.36. The number of anilines is 1. The second kappa shape index (κ2) is 7.64. The number of rotatable bonds is 3. The van der Waals surface area contributed by atoms with Crippen LogP contribution in [0.25, 0.3) is 0 Å². The van der Waals surface area contributed by atoms with Crippen molar-refractivity contribution in [2.75, 3.05) is 11.9 Å². The van der Waals surface area contributed by atoms with E-state index in [0.717, 1.165) is 5.70 Å². The van der Waals surface area contributed by atoms with Gasteiger partial charge in [-0.25, -0.2) is 0 Å². The average Bonchev–Trinajstić information content (AvgIpc) is 2.64. The molecule has 1 aliphatic rings. The number of hydrogen-bond donors (Lipinski definition) is 0. The maximum absolute atomic E-state index is 4.03. The third-order valence-electron chi connectivity index (χ3n) is 4.12. The number of para-hydroxylation sites is 1. The SMILES string of the molecule is C=CC1=C(C=C)N(C)c2ccccc2C1c1ccccc1.CC. The van der Waals surface area contributed by atoms with E-state index in [-0.39, 0.29) is 5.92 Å². The highest BCUT2D eigenvalue weighted by atomic mass is 15.1. The lowest BCUT2D eigenvalue weighted by Crippen LogP contribution is -2.25. The highest BCUT2D eigenvalue weighted by Gasteiger charge is 2.29. The Kier molecular flexibility index (Phi) is 5.59. The summed E-state index contributed by atoms with van der Waals surface area (Å²) in [6.07, 6.45) is 3.88. The second-order valence-corrected chi connectivity index (χ2v) is 5.21. The number of likely N-dealkylation sites (N-methyl/N-ethyl adjacent to an activating group) is 1. The minimum absolute atomic E-state index is 0.212. The predicted molar refractivity (Wildman–Crippen MR) is 102 cm³/mol. The molecule has 1 aliphatic heterocycles. The number of fused-ring (bicyclic) bond motifs is 1. The molecular formula is C22H25N.